The summed E-state index contributed by atoms with van der Waals surface area (Å²) in [6, 6.07) is 10.5. The maximum Gasteiger partial charge on any atom is 0.416 e. The van der Waals surface area contributed by atoms with Gasteiger partial charge in [0.2, 0.25) is 11.1 Å². The molecule has 3 N–H and O–H groups in total. The first-order chi connectivity index (χ1) is 15.7. The van der Waals surface area contributed by atoms with Crippen molar-refractivity contribution in [1.82, 2.24) is 29.6 Å². The van der Waals surface area contributed by atoms with Gasteiger partial charge in [-0.15, -0.1) is 10.2 Å². The number of thioether (sulfide) groups is 1. The molecule has 170 valence electrons. The minimum atomic E-state index is -4.57. The lowest BCUT2D eigenvalue weighted by molar-refractivity contribution is -0.137. The Labute approximate surface area is 189 Å². The first kappa shape index (κ1) is 22.3. The Bertz CT molecular complexity index is 1270. The quantitative estimate of drug-likeness (QED) is 0.325. The van der Waals surface area contributed by atoms with Crippen LogP contribution >= 0.6 is 11.8 Å². The number of amides is 1. The third kappa shape index (κ3) is 4.98. The average Bonchev–Trinajstić information content (AvgIpc) is 3.42. The van der Waals surface area contributed by atoms with E-state index in [2.05, 4.69) is 25.6 Å². The zero-order chi connectivity index (χ0) is 23.6. The Hall–Kier alpha value is -3.87. The van der Waals surface area contributed by atoms with Crippen LogP contribution in [0.3, 0.4) is 0 Å². The molecule has 4 aromatic rings. The van der Waals surface area contributed by atoms with Gasteiger partial charge in [-0.1, -0.05) is 41.6 Å². The highest BCUT2D eigenvalue weighted by Gasteiger charge is 2.31. The second-order valence-corrected chi connectivity index (χ2v) is 7.89. The molecular formula is C20H17F3N8OS. The highest BCUT2D eigenvalue weighted by atomic mass is 32.2. The van der Waals surface area contributed by atoms with Gasteiger partial charge in [0.25, 0.3) is 0 Å². The molecule has 0 bridgehead atoms. The van der Waals surface area contributed by atoms with Crippen LogP contribution in [0, 0.1) is 6.92 Å². The van der Waals surface area contributed by atoms with Gasteiger partial charge in [0.05, 0.1) is 22.7 Å². The van der Waals surface area contributed by atoms with Crippen molar-refractivity contribution in [2.45, 2.75) is 18.3 Å². The van der Waals surface area contributed by atoms with Crippen molar-refractivity contribution in [3.05, 3.63) is 66.2 Å². The molecule has 4 rings (SSSR count). The van der Waals surface area contributed by atoms with Gasteiger partial charge < -0.3 is 11.2 Å². The molecule has 2 aromatic heterocycles. The van der Waals surface area contributed by atoms with Crippen LogP contribution in [0.15, 0.2) is 60.3 Å². The van der Waals surface area contributed by atoms with Crippen molar-refractivity contribution in [3.63, 3.8) is 0 Å². The van der Waals surface area contributed by atoms with E-state index < -0.39 is 17.6 Å². The number of benzene rings is 2. The van der Waals surface area contributed by atoms with Crippen LogP contribution in [0.4, 0.5) is 18.9 Å². The molecule has 0 unspecified atom stereocenters. The summed E-state index contributed by atoms with van der Waals surface area (Å²) in [5, 5.41) is 14.7. The monoisotopic (exact) mass is 474 g/mol. The number of nitrogen functional groups attached to an aromatic ring is 1. The summed E-state index contributed by atoms with van der Waals surface area (Å²) in [5.74, 6) is 5.77. The molecule has 33 heavy (non-hydrogen) atoms. The van der Waals surface area contributed by atoms with Crippen molar-refractivity contribution < 1.29 is 18.0 Å². The molecule has 9 nitrogen and oxygen atoms in total. The van der Waals surface area contributed by atoms with Crippen LogP contribution in [0.5, 0.6) is 0 Å². The van der Waals surface area contributed by atoms with E-state index in [1.807, 2.05) is 31.2 Å². The topological polar surface area (TPSA) is 117 Å². The minimum Gasteiger partial charge on any atom is -0.335 e. The maximum absolute atomic E-state index is 13.2. The molecule has 1 amide bonds. The molecular weight excluding hydrogens is 457 g/mol. The molecule has 0 aliphatic heterocycles. The van der Waals surface area contributed by atoms with Crippen molar-refractivity contribution in [1.29, 1.82) is 0 Å². The van der Waals surface area contributed by atoms with E-state index in [0.29, 0.717) is 5.82 Å². The van der Waals surface area contributed by atoms with E-state index in [-0.39, 0.29) is 22.3 Å². The summed E-state index contributed by atoms with van der Waals surface area (Å²) in [6.45, 7) is 1.95. The SMILES string of the molecule is Cc1ccc(-c2nnc(SCC(=O)Nc3cc(C(F)(F)F)ccc3-n3cncn3)n2N)cc1. The molecule has 0 aliphatic rings. The van der Waals surface area contributed by atoms with E-state index in [0.717, 1.165) is 35.0 Å². The molecule has 0 spiro atoms. The van der Waals surface area contributed by atoms with E-state index in [9.17, 15) is 18.0 Å². The number of carbonyl (C=O) groups excluding carboxylic acids is 1. The Kier molecular flexibility index (Phi) is 6.05. The van der Waals surface area contributed by atoms with Crippen LogP contribution in [0.1, 0.15) is 11.1 Å². The number of aromatic nitrogens is 6. The zero-order valence-corrected chi connectivity index (χ0v) is 17.9. The van der Waals surface area contributed by atoms with E-state index in [1.54, 1.807) is 0 Å². The molecule has 2 aromatic carbocycles. The zero-order valence-electron chi connectivity index (χ0n) is 17.1. The molecule has 0 saturated heterocycles. The number of aryl methyl sites for hydroxylation is 1. The third-order valence-corrected chi connectivity index (χ3v) is 5.51. The van der Waals surface area contributed by atoms with Crippen LogP contribution in [-0.2, 0) is 11.0 Å². The number of nitrogens with two attached hydrogens (primary N) is 1. The number of nitrogens with one attached hydrogen (secondary N) is 1. The fourth-order valence-electron chi connectivity index (χ4n) is 2.94. The molecule has 0 radical (unpaired) electrons. The van der Waals surface area contributed by atoms with Crippen LogP contribution in [0.25, 0.3) is 17.1 Å². The molecule has 0 atom stereocenters. The number of rotatable bonds is 6. The lowest BCUT2D eigenvalue weighted by Crippen LogP contribution is -2.18. The number of hydrogen-bond acceptors (Lipinski definition) is 7. The summed E-state index contributed by atoms with van der Waals surface area (Å²) >= 11 is 1.00. The van der Waals surface area contributed by atoms with Crippen molar-refractivity contribution in [2.75, 3.05) is 16.9 Å². The number of nitrogens with zero attached hydrogens (tertiary/aromatic N) is 6. The standard InChI is InChI=1S/C20H17F3N8OS/c1-12-2-4-13(5-3-12)18-28-29-19(31(18)24)33-9-17(32)27-15-8-14(20(21,22)23)6-7-16(15)30-11-25-10-26-30/h2-8,10-11H,9,24H2,1H3,(H,27,32). The van der Waals surface area contributed by atoms with Gasteiger partial charge >= 0.3 is 6.18 Å². The predicted octanol–water partition coefficient (Wildman–Crippen LogP) is 3.30. The average molecular weight is 474 g/mol. The Morgan fingerprint density at radius 3 is 2.58 bits per heavy atom. The number of alkyl halides is 3. The number of halogens is 3. The number of anilines is 1. The van der Waals surface area contributed by atoms with Crippen molar-refractivity contribution in [2.24, 2.45) is 0 Å². The maximum atomic E-state index is 13.2. The fraction of sp³-hybridized carbons (Fsp3) is 0.150. The summed E-state index contributed by atoms with van der Waals surface area (Å²) < 4.78 is 42.0. The highest BCUT2D eigenvalue weighted by Crippen LogP contribution is 2.33. The lowest BCUT2D eigenvalue weighted by Gasteiger charge is -2.14. The largest absolute Gasteiger partial charge is 0.416 e. The van der Waals surface area contributed by atoms with Crippen molar-refractivity contribution >= 4 is 23.4 Å². The first-order valence-electron chi connectivity index (χ1n) is 9.49. The van der Waals surface area contributed by atoms with Gasteiger partial charge in [-0.05, 0) is 25.1 Å². The smallest absolute Gasteiger partial charge is 0.335 e. The normalized spacial score (nSPS) is 11.5. The Balaban J connectivity index is 1.50. The molecule has 2 heterocycles. The molecule has 0 aliphatic carbocycles. The summed E-state index contributed by atoms with van der Waals surface area (Å²) in [5.41, 5.74) is 1.11. The highest BCUT2D eigenvalue weighted by molar-refractivity contribution is 7.99. The summed E-state index contributed by atoms with van der Waals surface area (Å²) in [4.78, 5) is 16.3. The fourth-order valence-corrected chi connectivity index (χ4v) is 3.59. The first-order valence-corrected chi connectivity index (χ1v) is 10.5. The molecule has 13 heteroatoms. The van der Waals surface area contributed by atoms with Gasteiger partial charge in [-0.25, -0.2) is 14.3 Å². The minimum absolute atomic E-state index is 0.0597. The molecule has 0 fully saturated rings. The lowest BCUT2D eigenvalue weighted by atomic mass is 10.1. The van der Waals surface area contributed by atoms with Gasteiger partial charge in [0.15, 0.2) is 5.82 Å². The number of hydrogen-bond donors (Lipinski definition) is 2. The van der Waals surface area contributed by atoms with Gasteiger partial charge in [0.1, 0.15) is 12.7 Å². The predicted molar refractivity (Wildman–Crippen MR) is 116 cm³/mol. The summed E-state index contributed by atoms with van der Waals surface area (Å²) in [6.07, 6.45) is -2.02. The summed E-state index contributed by atoms with van der Waals surface area (Å²) in [7, 11) is 0. The van der Waals surface area contributed by atoms with E-state index in [1.165, 1.54) is 28.1 Å². The van der Waals surface area contributed by atoms with Gasteiger partial charge in [-0.3, -0.25) is 4.79 Å². The van der Waals surface area contributed by atoms with Crippen LogP contribution in [0.2, 0.25) is 0 Å². The Morgan fingerprint density at radius 1 is 1.15 bits per heavy atom. The van der Waals surface area contributed by atoms with E-state index >= 15 is 0 Å². The Morgan fingerprint density at radius 2 is 1.91 bits per heavy atom. The second-order valence-electron chi connectivity index (χ2n) is 6.95. The van der Waals surface area contributed by atoms with Crippen molar-refractivity contribution in [3.8, 4) is 17.1 Å². The molecule has 0 saturated carbocycles. The second kappa shape index (κ2) is 8.94. The third-order valence-electron chi connectivity index (χ3n) is 4.57. The van der Waals surface area contributed by atoms with Crippen LogP contribution in [-0.4, -0.2) is 41.3 Å². The van der Waals surface area contributed by atoms with Gasteiger partial charge in [0, 0.05) is 5.56 Å². The van der Waals surface area contributed by atoms with E-state index in [4.69, 9.17) is 5.84 Å². The number of carbonyl (C=O) groups is 1. The van der Waals surface area contributed by atoms with Gasteiger partial charge in [-0.2, -0.15) is 18.3 Å². The van der Waals surface area contributed by atoms with Crippen LogP contribution < -0.4 is 11.2 Å².